The second-order valence-electron chi connectivity index (χ2n) is 9.83. The van der Waals surface area contributed by atoms with Gasteiger partial charge in [-0.3, -0.25) is 10.1 Å². The number of benzene rings is 1. The molecule has 4 heterocycles. The summed E-state index contributed by atoms with van der Waals surface area (Å²) in [6, 6.07) is 2.84. The van der Waals surface area contributed by atoms with Gasteiger partial charge in [-0.05, 0) is 30.4 Å². The number of carbonyl (C=O) groups is 2. The maximum absolute atomic E-state index is 13.5. The lowest BCUT2D eigenvalue weighted by Gasteiger charge is -2.46. The van der Waals surface area contributed by atoms with Gasteiger partial charge in [-0.15, -0.1) is 0 Å². The second kappa shape index (κ2) is 8.43. The molecule has 188 valence electrons. The maximum atomic E-state index is 13.5. The molecule has 1 aliphatic heterocycles. The number of nitrogens with one attached hydrogen (secondary N) is 1. The molecule has 1 aliphatic rings. The molecule has 2 atom stereocenters. The summed E-state index contributed by atoms with van der Waals surface area (Å²) in [5, 5.41) is 17.2. The van der Waals surface area contributed by atoms with Crippen LogP contribution in [0.2, 0.25) is 0 Å². The molecule has 0 aliphatic carbocycles. The quantitative estimate of drug-likeness (QED) is 0.383. The smallest absolute Gasteiger partial charge is 0.407 e. The Morgan fingerprint density at radius 3 is 2.78 bits per heavy atom. The number of halogens is 1. The molecule has 1 saturated heterocycles. The molecule has 4 aromatic rings. The molecule has 0 spiro atoms. The lowest BCUT2D eigenvalue weighted by Crippen LogP contribution is -2.54. The van der Waals surface area contributed by atoms with Crippen molar-refractivity contribution in [2.45, 2.75) is 45.7 Å². The number of nitrogen functional groups attached to an aromatic ring is 1. The highest BCUT2D eigenvalue weighted by molar-refractivity contribution is 6.12. The number of nitrogens with two attached hydrogens (primary N) is 1. The average Bonchev–Trinajstić information content (AvgIpc) is 3.39. The van der Waals surface area contributed by atoms with Crippen LogP contribution in [0.4, 0.5) is 21.0 Å². The van der Waals surface area contributed by atoms with E-state index in [4.69, 9.17) is 10.2 Å². The van der Waals surface area contributed by atoms with Crippen LogP contribution in [0.5, 0.6) is 0 Å². The first-order chi connectivity index (χ1) is 17.0. The van der Waals surface area contributed by atoms with Crippen LogP contribution in [-0.2, 0) is 0 Å². The largest absolute Gasteiger partial charge is 0.465 e. The SMILES string of the molecule is CC(C)(C)C1C(n2nc(C(=O)Nc3nc4cc(F)ccc4o3)c3c(N)ncnc32)CCCN1C(=O)O. The highest BCUT2D eigenvalue weighted by Gasteiger charge is 2.44. The van der Waals surface area contributed by atoms with E-state index in [-0.39, 0.29) is 28.4 Å². The number of anilines is 2. The molecule has 12 nitrogen and oxygen atoms in total. The van der Waals surface area contributed by atoms with E-state index in [0.29, 0.717) is 30.6 Å². The minimum atomic E-state index is -1.02. The van der Waals surface area contributed by atoms with E-state index in [0.717, 1.165) is 0 Å². The van der Waals surface area contributed by atoms with Gasteiger partial charge in [-0.1, -0.05) is 20.8 Å². The topological polar surface area (TPSA) is 165 Å². The molecule has 2 unspecified atom stereocenters. The van der Waals surface area contributed by atoms with Gasteiger partial charge >= 0.3 is 12.1 Å². The predicted molar refractivity (Wildman–Crippen MR) is 128 cm³/mol. The fraction of sp³-hybridized carbons (Fsp3) is 0.391. The van der Waals surface area contributed by atoms with Gasteiger partial charge in [0.2, 0.25) is 0 Å². The summed E-state index contributed by atoms with van der Waals surface area (Å²) in [5.74, 6) is -1.11. The Bertz CT molecular complexity index is 1490. The van der Waals surface area contributed by atoms with Gasteiger partial charge in [-0.25, -0.2) is 23.8 Å². The summed E-state index contributed by atoms with van der Waals surface area (Å²) < 4.78 is 20.6. The highest BCUT2D eigenvalue weighted by Crippen LogP contribution is 2.40. The molecule has 0 radical (unpaired) electrons. The van der Waals surface area contributed by atoms with Gasteiger partial charge in [0.15, 0.2) is 16.9 Å². The highest BCUT2D eigenvalue weighted by atomic mass is 19.1. The van der Waals surface area contributed by atoms with Crippen LogP contribution in [0.1, 0.15) is 50.1 Å². The minimum absolute atomic E-state index is 0.0502. The fourth-order valence-corrected chi connectivity index (χ4v) is 4.99. The molecule has 1 fully saturated rings. The normalized spacial score (nSPS) is 18.6. The Morgan fingerprint density at radius 2 is 2.06 bits per heavy atom. The fourth-order valence-electron chi connectivity index (χ4n) is 4.99. The molecule has 2 amide bonds. The molecule has 5 rings (SSSR count). The van der Waals surface area contributed by atoms with E-state index in [1.807, 2.05) is 20.8 Å². The van der Waals surface area contributed by atoms with Crippen LogP contribution >= 0.6 is 0 Å². The number of carbonyl (C=O) groups excluding carboxylic acids is 1. The van der Waals surface area contributed by atoms with Crippen LogP contribution in [-0.4, -0.2) is 59.3 Å². The Morgan fingerprint density at radius 1 is 1.28 bits per heavy atom. The lowest BCUT2D eigenvalue weighted by molar-refractivity contribution is 0.0247. The Kier molecular flexibility index (Phi) is 5.49. The zero-order chi connectivity index (χ0) is 25.8. The predicted octanol–water partition coefficient (Wildman–Crippen LogP) is 3.67. The minimum Gasteiger partial charge on any atom is -0.465 e. The summed E-state index contributed by atoms with van der Waals surface area (Å²) in [6.07, 6.45) is 1.50. The van der Waals surface area contributed by atoms with Crippen molar-refractivity contribution in [2.75, 3.05) is 17.6 Å². The summed E-state index contributed by atoms with van der Waals surface area (Å²) >= 11 is 0. The zero-order valence-corrected chi connectivity index (χ0v) is 19.9. The van der Waals surface area contributed by atoms with Crippen molar-refractivity contribution < 1.29 is 23.5 Å². The summed E-state index contributed by atoms with van der Waals surface area (Å²) in [4.78, 5) is 39.2. The number of aromatic nitrogens is 5. The van der Waals surface area contributed by atoms with Gasteiger partial charge in [0, 0.05) is 12.6 Å². The lowest BCUT2D eigenvalue weighted by atomic mass is 9.77. The number of hydrogen-bond donors (Lipinski definition) is 3. The third kappa shape index (κ3) is 3.95. The van der Waals surface area contributed by atoms with Crippen LogP contribution in [0.15, 0.2) is 28.9 Å². The number of piperidine rings is 1. The van der Waals surface area contributed by atoms with Crippen LogP contribution < -0.4 is 11.1 Å². The zero-order valence-electron chi connectivity index (χ0n) is 19.9. The van der Waals surface area contributed by atoms with Crippen LogP contribution in [0, 0.1) is 11.2 Å². The third-order valence-electron chi connectivity index (χ3n) is 6.35. The molecular formula is C23H25FN8O4. The molecule has 0 bridgehead atoms. The monoisotopic (exact) mass is 496 g/mol. The van der Waals surface area contributed by atoms with Gasteiger partial charge in [-0.2, -0.15) is 10.1 Å². The molecular weight excluding hydrogens is 471 g/mol. The molecule has 3 aromatic heterocycles. The Hall–Kier alpha value is -4.29. The number of amides is 2. The molecule has 4 N–H and O–H groups in total. The second-order valence-corrected chi connectivity index (χ2v) is 9.83. The molecule has 36 heavy (non-hydrogen) atoms. The number of oxazole rings is 1. The van der Waals surface area contributed by atoms with Gasteiger partial charge in [0.25, 0.3) is 5.91 Å². The summed E-state index contributed by atoms with van der Waals surface area (Å²) in [6.45, 7) is 6.29. The number of carboxylic acid groups (broad SMARTS) is 1. The average molecular weight is 497 g/mol. The Labute approximate surface area is 204 Å². The van der Waals surface area contributed by atoms with Crippen molar-refractivity contribution in [3.63, 3.8) is 0 Å². The van der Waals surface area contributed by atoms with E-state index < -0.39 is 35.3 Å². The first-order valence-corrected chi connectivity index (χ1v) is 11.4. The molecule has 0 saturated carbocycles. The standard InChI is InChI=1S/C23H25FN8O4/c1-23(2,3)17-13(5-4-8-31(17)22(34)35)32-19-15(18(25)26-10-27-19)16(30-32)20(33)29-21-28-12-9-11(24)6-7-14(12)36-21/h6-7,9-10,13,17H,4-5,8H2,1-3H3,(H,34,35)(H2,25,26,27)(H,28,29,33). The number of nitrogens with zero attached hydrogens (tertiary/aromatic N) is 6. The maximum Gasteiger partial charge on any atom is 0.407 e. The van der Waals surface area contributed by atoms with Crippen molar-refractivity contribution in [1.29, 1.82) is 0 Å². The van der Waals surface area contributed by atoms with E-state index in [2.05, 4.69) is 25.4 Å². The van der Waals surface area contributed by atoms with Gasteiger partial charge < -0.3 is 20.2 Å². The van der Waals surface area contributed by atoms with Crippen LogP contribution in [0.25, 0.3) is 22.1 Å². The number of rotatable bonds is 3. The van der Waals surface area contributed by atoms with Crippen molar-refractivity contribution in [3.05, 3.63) is 36.0 Å². The van der Waals surface area contributed by atoms with E-state index >= 15 is 0 Å². The van der Waals surface area contributed by atoms with E-state index in [1.54, 1.807) is 4.68 Å². The first kappa shape index (κ1) is 23.5. The third-order valence-corrected chi connectivity index (χ3v) is 6.35. The summed E-state index contributed by atoms with van der Waals surface area (Å²) in [5.41, 5.74) is 6.50. The van der Waals surface area contributed by atoms with Crippen molar-refractivity contribution in [1.82, 2.24) is 29.6 Å². The van der Waals surface area contributed by atoms with E-state index in [9.17, 15) is 19.1 Å². The van der Waals surface area contributed by atoms with Gasteiger partial charge in [0.05, 0.1) is 17.5 Å². The van der Waals surface area contributed by atoms with Crippen molar-refractivity contribution in [3.8, 4) is 0 Å². The number of hydrogen-bond acceptors (Lipinski definition) is 8. The molecule has 1 aromatic carbocycles. The van der Waals surface area contributed by atoms with E-state index in [1.165, 1.54) is 29.4 Å². The Balaban J connectivity index is 1.58. The van der Waals surface area contributed by atoms with Crippen molar-refractivity contribution in [2.24, 2.45) is 5.41 Å². The van der Waals surface area contributed by atoms with Crippen molar-refractivity contribution >= 4 is 46.0 Å². The first-order valence-electron chi connectivity index (χ1n) is 11.4. The number of likely N-dealkylation sites (tertiary alicyclic amines) is 1. The molecule has 13 heteroatoms. The van der Waals surface area contributed by atoms with Gasteiger partial charge in [0.1, 0.15) is 23.5 Å². The van der Waals surface area contributed by atoms with Crippen LogP contribution in [0.3, 0.4) is 0 Å². The summed E-state index contributed by atoms with van der Waals surface area (Å²) in [7, 11) is 0. The number of fused-ring (bicyclic) bond motifs is 2.